The lowest BCUT2D eigenvalue weighted by Crippen LogP contribution is -2.20. The van der Waals surface area contributed by atoms with Crippen LogP contribution in [-0.4, -0.2) is 39.3 Å². The maximum atomic E-state index is 13.9. The van der Waals surface area contributed by atoms with E-state index in [9.17, 15) is 18.0 Å². The molecule has 0 spiro atoms. The van der Waals surface area contributed by atoms with Gasteiger partial charge in [-0.15, -0.1) is 0 Å². The van der Waals surface area contributed by atoms with Crippen LogP contribution in [0.1, 0.15) is 41.8 Å². The van der Waals surface area contributed by atoms with E-state index in [1.54, 1.807) is 41.2 Å². The molecular formula is C28H31F3N7O2P. The second kappa shape index (κ2) is 13.6. The van der Waals surface area contributed by atoms with Gasteiger partial charge in [-0.05, 0) is 48.7 Å². The van der Waals surface area contributed by atoms with Crippen molar-refractivity contribution in [2.75, 3.05) is 24.3 Å². The standard InChI is InChI=1S/C28H31F3N7O2P/c1-4-12-38-16-20(14-34-38)19-8-11-24(22(13-19)26(39)32-3)36-25-23(28(29,30)31)15-33-27(37-25)35-21-9-6-18(7-10-21)17-41-40-5-2/h6-11,13-16,41H,4-5,12,17H2,1-3H3,(H,32,39)(H2,33,35,36,37). The van der Waals surface area contributed by atoms with Gasteiger partial charge < -0.3 is 20.5 Å². The van der Waals surface area contributed by atoms with Gasteiger partial charge in [-0.25, -0.2) is 4.98 Å². The summed E-state index contributed by atoms with van der Waals surface area (Å²) in [7, 11) is 1.81. The van der Waals surface area contributed by atoms with Crippen LogP contribution in [0.5, 0.6) is 0 Å². The number of aromatic nitrogens is 4. The molecule has 0 radical (unpaired) electrons. The summed E-state index contributed by atoms with van der Waals surface area (Å²) in [6.07, 6.45) is 1.20. The van der Waals surface area contributed by atoms with E-state index in [1.807, 2.05) is 32.2 Å². The van der Waals surface area contributed by atoms with Gasteiger partial charge in [0.05, 0.1) is 17.4 Å². The Hall–Kier alpha value is -4.02. The molecule has 0 aliphatic carbocycles. The third-order valence-electron chi connectivity index (χ3n) is 5.99. The van der Waals surface area contributed by atoms with Crippen LogP contribution in [0.4, 0.5) is 36.3 Å². The molecule has 2 aromatic heterocycles. The summed E-state index contributed by atoms with van der Waals surface area (Å²) in [4.78, 5) is 20.8. The van der Waals surface area contributed by atoms with Gasteiger partial charge >= 0.3 is 6.18 Å². The molecule has 0 saturated heterocycles. The Kier molecular flexibility index (Phi) is 9.91. The highest BCUT2D eigenvalue weighted by Crippen LogP contribution is 2.36. The molecule has 0 aliphatic heterocycles. The summed E-state index contributed by atoms with van der Waals surface area (Å²) in [6, 6.07) is 12.3. The van der Waals surface area contributed by atoms with Gasteiger partial charge in [0.1, 0.15) is 11.4 Å². The zero-order valence-corrected chi connectivity index (χ0v) is 23.8. The number of rotatable bonds is 12. The monoisotopic (exact) mass is 585 g/mol. The Bertz CT molecular complexity index is 1480. The summed E-state index contributed by atoms with van der Waals surface area (Å²) in [5, 5.41) is 12.5. The molecule has 4 rings (SSSR count). The first-order valence-corrected chi connectivity index (χ1v) is 14.1. The van der Waals surface area contributed by atoms with E-state index in [1.165, 1.54) is 7.05 Å². The molecule has 13 heteroatoms. The van der Waals surface area contributed by atoms with Crippen LogP contribution in [0.15, 0.2) is 61.1 Å². The third-order valence-corrected chi connectivity index (χ3v) is 7.04. The molecule has 2 aromatic carbocycles. The first-order valence-electron chi connectivity index (χ1n) is 13.0. The predicted molar refractivity (Wildman–Crippen MR) is 155 cm³/mol. The van der Waals surface area contributed by atoms with Crippen LogP contribution < -0.4 is 16.0 Å². The molecule has 0 fully saturated rings. The van der Waals surface area contributed by atoms with Crippen LogP contribution in [0.3, 0.4) is 0 Å². The molecule has 1 atom stereocenters. The first kappa shape index (κ1) is 30.0. The van der Waals surface area contributed by atoms with Gasteiger partial charge in [-0.2, -0.15) is 23.3 Å². The van der Waals surface area contributed by atoms with E-state index in [4.69, 9.17) is 4.52 Å². The Morgan fingerprint density at radius 1 is 1.05 bits per heavy atom. The molecule has 2 heterocycles. The average Bonchev–Trinajstić information content (AvgIpc) is 3.42. The van der Waals surface area contributed by atoms with Gasteiger partial charge in [0, 0.05) is 58.8 Å². The number of benzene rings is 2. The highest BCUT2D eigenvalue weighted by molar-refractivity contribution is 7.31. The lowest BCUT2D eigenvalue weighted by atomic mass is 10.0. The number of aryl methyl sites for hydroxylation is 1. The normalized spacial score (nSPS) is 11.7. The van der Waals surface area contributed by atoms with Crippen LogP contribution in [0, 0.1) is 0 Å². The van der Waals surface area contributed by atoms with Gasteiger partial charge in [-0.3, -0.25) is 9.48 Å². The summed E-state index contributed by atoms with van der Waals surface area (Å²) in [6.45, 7) is 5.37. The van der Waals surface area contributed by atoms with E-state index in [0.29, 0.717) is 32.9 Å². The highest BCUT2D eigenvalue weighted by Gasteiger charge is 2.35. The summed E-state index contributed by atoms with van der Waals surface area (Å²) in [5.41, 5.74) is 2.40. The molecule has 0 bridgehead atoms. The highest BCUT2D eigenvalue weighted by atomic mass is 31.1. The van der Waals surface area contributed by atoms with Crippen molar-refractivity contribution >= 4 is 37.9 Å². The zero-order valence-electron chi connectivity index (χ0n) is 22.8. The van der Waals surface area contributed by atoms with E-state index in [-0.39, 0.29) is 17.2 Å². The van der Waals surface area contributed by atoms with Crippen molar-refractivity contribution in [2.45, 2.75) is 39.2 Å². The zero-order chi connectivity index (χ0) is 29.4. The maximum Gasteiger partial charge on any atom is 0.421 e. The Balaban J connectivity index is 1.63. The number of halogens is 3. The van der Waals surface area contributed by atoms with Crippen LogP contribution in [0.2, 0.25) is 0 Å². The number of nitrogens with zero attached hydrogens (tertiary/aromatic N) is 4. The van der Waals surface area contributed by atoms with Crippen molar-refractivity contribution < 1.29 is 22.5 Å². The molecule has 216 valence electrons. The SMILES string of the molecule is CCCn1cc(-c2ccc(Nc3nc(Nc4ccc(CPOCC)cc4)ncc3C(F)(F)F)c(C(=O)NC)c2)cn1. The minimum absolute atomic E-state index is 0.0362. The number of carbonyl (C=O) groups excluding carboxylic acids is 1. The molecule has 9 nitrogen and oxygen atoms in total. The summed E-state index contributed by atoms with van der Waals surface area (Å²) in [5.74, 6) is -0.995. The summed E-state index contributed by atoms with van der Waals surface area (Å²) < 4.78 is 48.9. The number of carbonyl (C=O) groups is 1. The van der Waals surface area contributed by atoms with Crippen LogP contribution >= 0.6 is 8.81 Å². The number of anilines is 4. The lowest BCUT2D eigenvalue weighted by Gasteiger charge is -2.17. The largest absolute Gasteiger partial charge is 0.421 e. The Labute approximate surface area is 237 Å². The molecule has 0 aliphatic rings. The van der Waals surface area contributed by atoms with E-state index < -0.39 is 23.5 Å². The lowest BCUT2D eigenvalue weighted by molar-refractivity contribution is -0.137. The van der Waals surface area contributed by atoms with E-state index in [0.717, 1.165) is 30.3 Å². The smallest absolute Gasteiger partial charge is 0.362 e. The summed E-state index contributed by atoms with van der Waals surface area (Å²) >= 11 is 0. The fourth-order valence-electron chi connectivity index (χ4n) is 3.96. The van der Waals surface area contributed by atoms with Crippen LogP contribution in [0.25, 0.3) is 11.1 Å². The van der Waals surface area contributed by atoms with Crippen molar-refractivity contribution in [3.8, 4) is 11.1 Å². The molecule has 0 saturated carbocycles. The first-order chi connectivity index (χ1) is 19.7. The topological polar surface area (TPSA) is 106 Å². The molecular weight excluding hydrogens is 554 g/mol. The maximum absolute atomic E-state index is 13.9. The Morgan fingerprint density at radius 2 is 1.83 bits per heavy atom. The number of nitrogens with one attached hydrogen (secondary N) is 3. The second-order valence-electron chi connectivity index (χ2n) is 8.99. The number of amides is 1. The van der Waals surface area contributed by atoms with Gasteiger partial charge in [0.15, 0.2) is 0 Å². The fourth-order valence-corrected chi connectivity index (χ4v) is 4.67. The van der Waals surface area contributed by atoms with E-state index >= 15 is 0 Å². The van der Waals surface area contributed by atoms with Gasteiger partial charge in [0.25, 0.3) is 5.91 Å². The molecule has 1 amide bonds. The molecule has 4 aromatic rings. The molecule has 41 heavy (non-hydrogen) atoms. The van der Waals surface area contributed by atoms with Gasteiger partial charge in [-0.1, -0.05) is 25.1 Å². The number of hydrogen-bond acceptors (Lipinski definition) is 7. The van der Waals surface area contributed by atoms with Crippen LogP contribution in [-0.2, 0) is 23.4 Å². The van der Waals surface area contributed by atoms with Crippen molar-refractivity contribution in [1.82, 2.24) is 25.1 Å². The minimum atomic E-state index is -4.73. The minimum Gasteiger partial charge on any atom is -0.362 e. The van der Waals surface area contributed by atoms with Crippen molar-refractivity contribution in [3.05, 3.63) is 77.7 Å². The van der Waals surface area contributed by atoms with E-state index in [2.05, 4.69) is 31.0 Å². The number of alkyl halides is 3. The van der Waals surface area contributed by atoms with Crippen molar-refractivity contribution in [3.63, 3.8) is 0 Å². The molecule has 1 unspecified atom stereocenters. The van der Waals surface area contributed by atoms with Gasteiger partial charge in [0.2, 0.25) is 5.95 Å². The Morgan fingerprint density at radius 3 is 2.51 bits per heavy atom. The average molecular weight is 586 g/mol. The quantitative estimate of drug-likeness (QED) is 0.125. The predicted octanol–water partition coefficient (Wildman–Crippen LogP) is 6.75. The second-order valence-corrected chi connectivity index (χ2v) is 9.92. The number of hydrogen-bond donors (Lipinski definition) is 3. The molecule has 3 N–H and O–H groups in total. The van der Waals surface area contributed by atoms with Crippen molar-refractivity contribution in [2.24, 2.45) is 0 Å². The third kappa shape index (κ3) is 7.80. The fraction of sp³-hybridized carbons (Fsp3) is 0.286. The van der Waals surface area contributed by atoms with Crippen molar-refractivity contribution in [1.29, 1.82) is 0 Å².